The molecule has 0 fully saturated rings. The van der Waals surface area contributed by atoms with Gasteiger partial charge in [-0.2, -0.15) is 0 Å². The van der Waals surface area contributed by atoms with Gasteiger partial charge < -0.3 is 14.2 Å². The summed E-state index contributed by atoms with van der Waals surface area (Å²) in [6.45, 7) is 0. The van der Waals surface area contributed by atoms with Gasteiger partial charge in [-0.25, -0.2) is 0 Å². The molecule has 0 saturated heterocycles. The van der Waals surface area contributed by atoms with Gasteiger partial charge in [0.15, 0.2) is 0 Å². The van der Waals surface area contributed by atoms with E-state index in [-0.39, 0.29) is 0 Å². The number of hydrogen-bond donors (Lipinski definition) is 0. The first-order chi connectivity index (χ1) is 15.7. The Kier molecular flexibility index (Phi) is 5.10. The second kappa shape index (κ2) is 8.08. The molecule has 0 radical (unpaired) electrons. The van der Waals surface area contributed by atoms with Crippen LogP contribution < -0.4 is 14.2 Å². The number of rotatable bonds is 5. The van der Waals surface area contributed by atoms with Gasteiger partial charge in [-0.05, 0) is 76.2 Å². The highest BCUT2D eigenvalue weighted by molar-refractivity contribution is 5.68. The molecule has 0 unspecified atom stereocenters. The zero-order valence-electron chi connectivity index (χ0n) is 18.6. The van der Waals surface area contributed by atoms with Gasteiger partial charge in [0.25, 0.3) is 0 Å². The third-order valence-electron chi connectivity index (χ3n) is 6.57. The summed E-state index contributed by atoms with van der Waals surface area (Å²) in [4.78, 5) is 0. The molecule has 0 heterocycles. The molecule has 0 atom stereocenters. The van der Waals surface area contributed by atoms with Crippen molar-refractivity contribution in [3.05, 3.63) is 124 Å². The van der Waals surface area contributed by atoms with Crippen molar-refractivity contribution < 1.29 is 14.2 Å². The lowest BCUT2D eigenvalue weighted by atomic mass is 9.59. The Bertz CT molecular complexity index is 1190. The molecule has 0 spiro atoms. The van der Waals surface area contributed by atoms with Gasteiger partial charge in [-0.3, -0.25) is 0 Å². The van der Waals surface area contributed by atoms with E-state index in [2.05, 4.69) is 66.7 Å². The highest BCUT2D eigenvalue weighted by Crippen LogP contribution is 2.51. The van der Waals surface area contributed by atoms with Gasteiger partial charge in [0.05, 0.1) is 26.7 Å². The van der Waals surface area contributed by atoms with Crippen molar-refractivity contribution in [3.63, 3.8) is 0 Å². The molecule has 160 valence electrons. The molecule has 1 aliphatic carbocycles. The second-order valence-electron chi connectivity index (χ2n) is 8.06. The molecule has 0 N–H and O–H groups in total. The number of hydrogen-bond acceptors (Lipinski definition) is 3. The quantitative estimate of drug-likeness (QED) is 0.348. The summed E-state index contributed by atoms with van der Waals surface area (Å²) in [5, 5.41) is 0. The van der Waals surface area contributed by atoms with Gasteiger partial charge in [-0.15, -0.1) is 0 Å². The lowest BCUT2D eigenvalue weighted by molar-refractivity contribution is 0.412. The minimum Gasteiger partial charge on any atom is -0.497 e. The Morgan fingerprint density at radius 3 is 1.59 bits per heavy atom. The number of fused-ring (bicyclic) bond motifs is 2. The maximum Gasteiger partial charge on any atom is 0.119 e. The third kappa shape index (κ3) is 3.04. The van der Waals surface area contributed by atoms with E-state index < -0.39 is 5.41 Å². The molecule has 0 saturated carbocycles. The fourth-order valence-electron chi connectivity index (χ4n) is 5.05. The van der Waals surface area contributed by atoms with Crippen LogP contribution >= 0.6 is 0 Å². The van der Waals surface area contributed by atoms with Crippen molar-refractivity contribution in [2.45, 2.75) is 11.8 Å². The maximum atomic E-state index is 5.67. The number of benzene rings is 4. The summed E-state index contributed by atoms with van der Waals surface area (Å²) in [5.41, 5.74) is 7.04. The summed E-state index contributed by atoms with van der Waals surface area (Å²) >= 11 is 0. The van der Waals surface area contributed by atoms with Gasteiger partial charge in [0.1, 0.15) is 17.2 Å². The highest BCUT2D eigenvalue weighted by Gasteiger charge is 2.44. The fourth-order valence-corrected chi connectivity index (χ4v) is 5.05. The Balaban J connectivity index is 1.90. The Labute approximate surface area is 189 Å². The number of ether oxygens (including phenoxy) is 3. The van der Waals surface area contributed by atoms with Crippen molar-refractivity contribution in [3.8, 4) is 17.2 Å². The molecular weight excluding hydrogens is 396 g/mol. The standard InChI is InChI=1S/C29H26O3/c1-30-24-14-9-22(10-15-24)29(23-11-16-25(31-2)17-12-23)27-7-5-4-6-20(27)18-21-8-13-26(32-3)19-28(21)29/h4-17,19H,18H2,1-3H3. The largest absolute Gasteiger partial charge is 0.497 e. The van der Waals surface area contributed by atoms with E-state index in [1.165, 1.54) is 33.4 Å². The highest BCUT2D eigenvalue weighted by atomic mass is 16.5. The molecule has 0 aromatic heterocycles. The predicted octanol–water partition coefficient (Wildman–Crippen LogP) is 6.00. The predicted molar refractivity (Wildman–Crippen MR) is 127 cm³/mol. The molecule has 0 bridgehead atoms. The van der Waals surface area contributed by atoms with Gasteiger partial charge in [0, 0.05) is 0 Å². The molecule has 0 aliphatic heterocycles. The van der Waals surface area contributed by atoms with Crippen molar-refractivity contribution in [1.29, 1.82) is 0 Å². The summed E-state index contributed by atoms with van der Waals surface area (Å²) < 4.78 is 16.6. The van der Waals surface area contributed by atoms with E-state index in [0.717, 1.165) is 23.7 Å². The average molecular weight is 423 g/mol. The van der Waals surface area contributed by atoms with Crippen molar-refractivity contribution >= 4 is 0 Å². The second-order valence-corrected chi connectivity index (χ2v) is 8.06. The van der Waals surface area contributed by atoms with E-state index in [1.807, 2.05) is 24.3 Å². The van der Waals surface area contributed by atoms with Crippen molar-refractivity contribution in [2.24, 2.45) is 0 Å². The zero-order valence-corrected chi connectivity index (χ0v) is 18.6. The SMILES string of the molecule is COc1ccc(C2(c3ccc(OC)cc3)c3ccccc3Cc3ccc(OC)cc32)cc1. The summed E-state index contributed by atoms with van der Waals surface area (Å²) in [6.07, 6.45) is 0.892. The van der Waals surface area contributed by atoms with E-state index >= 15 is 0 Å². The van der Waals surface area contributed by atoms with Gasteiger partial charge >= 0.3 is 0 Å². The Morgan fingerprint density at radius 2 is 1.03 bits per heavy atom. The molecule has 0 amide bonds. The lowest BCUT2D eigenvalue weighted by Crippen LogP contribution is -2.36. The molecule has 4 aromatic rings. The topological polar surface area (TPSA) is 27.7 Å². The zero-order chi connectivity index (χ0) is 22.1. The van der Waals surface area contributed by atoms with Crippen LogP contribution in [0, 0.1) is 0 Å². The van der Waals surface area contributed by atoms with Crippen molar-refractivity contribution in [2.75, 3.05) is 21.3 Å². The molecule has 5 rings (SSSR count). The van der Waals surface area contributed by atoms with E-state index in [0.29, 0.717) is 0 Å². The van der Waals surface area contributed by atoms with Crippen LogP contribution in [0.15, 0.2) is 91.0 Å². The van der Waals surface area contributed by atoms with Crippen LogP contribution in [0.1, 0.15) is 33.4 Å². The minimum atomic E-state index is -0.489. The Hall–Kier alpha value is -3.72. The van der Waals surface area contributed by atoms with Crippen LogP contribution in [-0.2, 0) is 11.8 Å². The van der Waals surface area contributed by atoms with E-state index in [4.69, 9.17) is 14.2 Å². The van der Waals surface area contributed by atoms with Crippen LogP contribution in [0.3, 0.4) is 0 Å². The maximum absolute atomic E-state index is 5.67. The molecule has 32 heavy (non-hydrogen) atoms. The molecule has 4 aromatic carbocycles. The fraction of sp³-hybridized carbons (Fsp3) is 0.172. The van der Waals surface area contributed by atoms with Gasteiger partial charge in [0.2, 0.25) is 0 Å². The first kappa shape index (κ1) is 20.2. The Morgan fingerprint density at radius 1 is 0.531 bits per heavy atom. The first-order valence-electron chi connectivity index (χ1n) is 10.8. The lowest BCUT2D eigenvalue weighted by Gasteiger charge is -2.42. The van der Waals surface area contributed by atoms with Crippen LogP contribution in [0.4, 0.5) is 0 Å². The summed E-state index contributed by atoms with van der Waals surface area (Å²) in [5.74, 6) is 2.54. The molecule has 1 aliphatic rings. The van der Waals surface area contributed by atoms with Crippen LogP contribution in [0.2, 0.25) is 0 Å². The summed E-state index contributed by atoms with van der Waals surface area (Å²) in [6, 6.07) is 32.1. The monoisotopic (exact) mass is 422 g/mol. The van der Waals surface area contributed by atoms with Crippen LogP contribution in [0.5, 0.6) is 17.2 Å². The molecule has 3 nitrogen and oxygen atoms in total. The minimum absolute atomic E-state index is 0.489. The average Bonchev–Trinajstić information content (AvgIpc) is 2.87. The van der Waals surface area contributed by atoms with E-state index in [1.54, 1.807) is 21.3 Å². The van der Waals surface area contributed by atoms with Gasteiger partial charge in [-0.1, -0.05) is 54.6 Å². The number of methoxy groups -OCH3 is 3. The van der Waals surface area contributed by atoms with E-state index in [9.17, 15) is 0 Å². The summed E-state index contributed by atoms with van der Waals surface area (Å²) in [7, 11) is 5.12. The van der Waals surface area contributed by atoms with Crippen molar-refractivity contribution in [1.82, 2.24) is 0 Å². The smallest absolute Gasteiger partial charge is 0.119 e. The third-order valence-corrected chi connectivity index (χ3v) is 6.57. The first-order valence-corrected chi connectivity index (χ1v) is 10.8. The normalized spacial score (nSPS) is 13.6. The van der Waals surface area contributed by atoms with Crippen LogP contribution in [0.25, 0.3) is 0 Å². The molecule has 3 heteroatoms. The van der Waals surface area contributed by atoms with Crippen LogP contribution in [-0.4, -0.2) is 21.3 Å². The molecular formula is C29H26O3.